The zero-order chi connectivity index (χ0) is 21.3. The second kappa shape index (κ2) is 10.7. The zero-order valence-electron chi connectivity index (χ0n) is 17.2. The van der Waals surface area contributed by atoms with Gasteiger partial charge in [-0.15, -0.1) is 0 Å². The van der Waals surface area contributed by atoms with E-state index in [1.807, 2.05) is 37.3 Å². The number of aromatic nitrogens is 1. The van der Waals surface area contributed by atoms with Crippen LogP contribution < -0.4 is 5.32 Å². The maximum absolute atomic E-state index is 12.4. The van der Waals surface area contributed by atoms with Gasteiger partial charge in [-0.3, -0.25) is 10.3 Å². The van der Waals surface area contributed by atoms with Crippen LogP contribution in [0.2, 0.25) is 0 Å². The van der Waals surface area contributed by atoms with E-state index in [0.717, 1.165) is 42.4 Å². The van der Waals surface area contributed by atoms with E-state index in [0.29, 0.717) is 30.7 Å². The molecule has 1 fully saturated rings. The molecule has 0 aliphatic heterocycles. The minimum Gasteiger partial charge on any atom is -0.480 e. The van der Waals surface area contributed by atoms with Gasteiger partial charge in [0.1, 0.15) is 6.61 Å². The summed E-state index contributed by atoms with van der Waals surface area (Å²) >= 11 is 0. The van der Waals surface area contributed by atoms with E-state index >= 15 is 0 Å². The first-order valence-corrected chi connectivity index (χ1v) is 10.3. The Balaban J connectivity index is 1.46. The third-order valence-electron chi connectivity index (χ3n) is 5.35. The lowest BCUT2D eigenvalue weighted by Gasteiger charge is -2.27. The number of benzene rings is 1. The maximum Gasteiger partial charge on any atom is 0.411 e. The second-order valence-corrected chi connectivity index (χ2v) is 7.82. The normalized spacial score (nSPS) is 18.6. The lowest BCUT2D eigenvalue weighted by atomic mass is 9.83. The number of nitrogens with one attached hydrogen (secondary N) is 1. The molecular weight excluding hydrogens is 384 g/mol. The summed E-state index contributed by atoms with van der Waals surface area (Å²) in [5.74, 6) is -0.240. The van der Waals surface area contributed by atoms with E-state index in [1.165, 1.54) is 0 Å². The van der Waals surface area contributed by atoms with Gasteiger partial charge in [-0.1, -0.05) is 18.2 Å². The van der Waals surface area contributed by atoms with Crippen molar-refractivity contribution in [2.45, 2.75) is 32.6 Å². The summed E-state index contributed by atoms with van der Waals surface area (Å²) in [4.78, 5) is 27.1. The van der Waals surface area contributed by atoms with Crippen molar-refractivity contribution in [3.8, 4) is 11.1 Å². The van der Waals surface area contributed by atoms with Crippen LogP contribution in [0.25, 0.3) is 11.1 Å². The van der Waals surface area contributed by atoms with Gasteiger partial charge in [-0.25, -0.2) is 9.59 Å². The number of carbonyl (C=O) groups is 2. The molecular formula is C23H28N2O5. The number of para-hydroxylation sites is 1. The molecule has 30 heavy (non-hydrogen) atoms. The number of anilines is 1. The first-order chi connectivity index (χ1) is 14.5. The van der Waals surface area contributed by atoms with Crippen molar-refractivity contribution in [3.05, 3.63) is 48.3 Å². The number of carboxylic acids is 1. The number of hydrogen-bond acceptors (Lipinski definition) is 5. The first-order valence-electron chi connectivity index (χ1n) is 10.3. The molecule has 7 nitrogen and oxygen atoms in total. The predicted octanol–water partition coefficient (Wildman–Crippen LogP) is 4.51. The van der Waals surface area contributed by atoms with E-state index in [1.54, 1.807) is 12.4 Å². The molecule has 0 radical (unpaired) electrons. The van der Waals surface area contributed by atoms with E-state index in [4.69, 9.17) is 14.6 Å². The van der Waals surface area contributed by atoms with Crippen molar-refractivity contribution in [1.29, 1.82) is 0 Å². The Kier molecular flexibility index (Phi) is 7.79. The summed E-state index contributed by atoms with van der Waals surface area (Å²) in [5.41, 5.74) is 3.57. The van der Waals surface area contributed by atoms with Crippen LogP contribution in [0.4, 0.5) is 10.5 Å². The maximum atomic E-state index is 12.4. The molecule has 1 amide bonds. The number of aryl methyl sites for hydroxylation is 1. The summed E-state index contributed by atoms with van der Waals surface area (Å²) in [6.07, 6.45) is 6.91. The van der Waals surface area contributed by atoms with E-state index in [2.05, 4.69) is 10.3 Å². The molecule has 0 atom stereocenters. The van der Waals surface area contributed by atoms with Crippen LogP contribution >= 0.6 is 0 Å². The number of nitrogens with zero attached hydrogens (tertiary/aromatic N) is 1. The highest BCUT2D eigenvalue weighted by molar-refractivity contribution is 5.91. The fourth-order valence-electron chi connectivity index (χ4n) is 3.76. The summed E-state index contributed by atoms with van der Waals surface area (Å²) < 4.78 is 10.7. The Hall–Kier alpha value is -2.93. The topological polar surface area (TPSA) is 97.8 Å². The van der Waals surface area contributed by atoms with E-state index < -0.39 is 12.1 Å². The van der Waals surface area contributed by atoms with Gasteiger partial charge in [0.25, 0.3) is 0 Å². The molecule has 0 saturated heterocycles. The number of aliphatic carboxylic acids is 1. The standard InChI is InChI=1S/C23H28N2O5/c1-16-10-19(12-24-11-16)20-4-2-3-5-21(20)25-23(28)30-14-18-8-6-17(7-9-18)13-29-15-22(26)27/h2-5,10-12,17-18H,6-9,13-15H2,1H3,(H,25,28)(H,26,27)/t17-,18-. The van der Waals surface area contributed by atoms with Crippen molar-refractivity contribution >= 4 is 17.7 Å². The van der Waals surface area contributed by atoms with Gasteiger partial charge in [-0.05, 0) is 62.1 Å². The van der Waals surface area contributed by atoms with Crippen LogP contribution in [0.15, 0.2) is 42.7 Å². The minimum absolute atomic E-state index is 0.247. The summed E-state index contributed by atoms with van der Waals surface area (Å²) in [6.45, 7) is 2.59. The SMILES string of the molecule is Cc1cncc(-c2ccccc2NC(=O)OC[C@H]2CC[C@H](COCC(=O)O)CC2)c1. The van der Waals surface area contributed by atoms with Crippen molar-refractivity contribution in [2.24, 2.45) is 11.8 Å². The fourth-order valence-corrected chi connectivity index (χ4v) is 3.76. The Morgan fingerprint density at radius 2 is 1.80 bits per heavy atom. The van der Waals surface area contributed by atoms with Crippen molar-refractivity contribution < 1.29 is 24.2 Å². The Labute approximate surface area is 176 Å². The summed E-state index contributed by atoms with van der Waals surface area (Å²) in [6, 6.07) is 9.61. The highest BCUT2D eigenvalue weighted by Gasteiger charge is 2.23. The van der Waals surface area contributed by atoms with Crippen molar-refractivity contribution in [2.75, 3.05) is 25.1 Å². The first kappa shape index (κ1) is 21.8. The van der Waals surface area contributed by atoms with Gasteiger partial charge < -0.3 is 14.6 Å². The summed E-state index contributed by atoms with van der Waals surface area (Å²) in [5, 5.41) is 11.5. The number of ether oxygens (including phenoxy) is 2. The van der Waals surface area contributed by atoms with E-state index in [-0.39, 0.29) is 6.61 Å². The highest BCUT2D eigenvalue weighted by Crippen LogP contribution is 2.30. The van der Waals surface area contributed by atoms with Gasteiger partial charge in [0.15, 0.2) is 0 Å². The monoisotopic (exact) mass is 412 g/mol. The smallest absolute Gasteiger partial charge is 0.411 e. The van der Waals surface area contributed by atoms with Gasteiger partial charge in [0, 0.05) is 23.5 Å². The van der Waals surface area contributed by atoms with Crippen LogP contribution in [0.1, 0.15) is 31.2 Å². The molecule has 0 unspecified atom stereocenters. The molecule has 0 spiro atoms. The predicted molar refractivity (Wildman–Crippen MR) is 113 cm³/mol. The van der Waals surface area contributed by atoms with Crippen molar-refractivity contribution in [3.63, 3.8) is 0 Å². The molecule has 3 rings (SSSR count). The molecule has 160 valence electrons. The average Bonchev–Trinajstić information content (AvgIpc) is 2.73. The van der Waals surface area contributed by atoms with Crippen LogP contribution in [0, 0.1) is 18.8 Å². The number of carbonyl (C=O) groups excluding carboxylic acids is 1. The molecule has 1 aromatic heterocycles. The summed E-state index contributed by atoms with van der Waals surface area (Å²) in [7, 11) is 0. The molecule has 1 aliphatic carbocycles. The lowest BCUT2D eigenvalue weighted by molar-refractivity contribution is -0.142. The number of rotatable bonds is 8. The lowest BCUT2D eigenvalue weighted by Crippen LogP contribution is -2.25. The third kappa shape index (κ3) is 6.56. The molecule has 2 N–H and O–H groups in total. The number of pyridine rings is 1. The molecule has 0 bridgehead atoms. The Bertz CT molecular complexity index is 862. The molecule has 1 aromatic carbocycles. The molecule has 1 heterocycles. The zero-order valence-corrected chi connectivity index (χ0v) is 17.2. The second-order valence-electron chi connectivity index (χ2n) is 7.82. The van der Waals surface area contributed by atoms with Gasteiger partial charge >= 0.3 is 12.1 Å². The van der Waals surface area contributed by atoms with Gasteiger partial charge in [0.05, 0.1) is 18.9 Å². The van der Waals surface area contributed by atoms with Crippen molar-refractivity contribution in [1.82, 2.24) is 4.98 Å². The van der Waals surface area contributed by atoms with Gasteiger partial charge in [-0.2, -0.15) is 0 Å². The Morgan fingerprint density at radius 1 is 1.10 bits per heavy atom. The Morgan fingerprint density at radius 3 is 2.50 bits per heavy atom. The van der Waals surface area contributed by atoms with Gasteiger partial charge in [0.2, 0.25) is 0 Å². The third-order valence-corrected chi connectivity index (χ3v) is 5.35. The molecule has 1 aliphatic rings. The molecule has 1 saturated carbocycles. The molecule has 7 heteroatoms. The quantitative estimate of drug-likeness (QED) is 0.662. The molecule has 2 aromatic rings. The van der Waals surface area contributed by atoms with E-state index in [9.17, 15) is 9.59 Å². The number of carboxylic acid groups (broad SMARTS) is 1. The number of amides is 1. The average molecular weight is 412 g/mol. The number of hydrogen-bond donors (Lipinski definition) is 2. The minimum atomic E-state index is -0.941. The van der Waals surface area contributed by atoms with Crippen LogP contribution in [0.5, 0.6) is 0 Å². The largest absolute Gasteiger partial charge is 0.480 e. The van der Waals surface area contributed by atoms with Crippen LogP contribution in [-0.2, 0) is 14.3 Å². The fraction of sp³-hybridized carbons (Fsp3) is 0.435. The van der Waals surface area contributed by atoms with Crippen LogP contribution in [-0.4, -0.2) is 42.0 Å². The highest BCUT2D eigenvalue weighted by atomic mass is 16.5. The van der Waals surface area contributed by atoms with Crippen LogP contribution in [0.3, 0.4) is 0 Å².